The minimum Gasteiger partial charge on any atom is -0.508 e. The van der Waals surface area contributed by atoms with Gasteiger partial charge in [0.25, 0.3) is 0 Å². The molecule has 3 heteroatoms. The van der Waals surface area contributed by atoms with Crippen LogP contribution < -0.4 is 5.73 Å². The van der Waals surface area contributed by atoms with E-state index in [1.807, 2.05) is 18.2 Å². The Hall–Kier alpha value is -1.06. The van der Waals surface area contributed by atoms with Crippen molar-refractivity contribution in [3.05, 3.63) is 29.8 Å². The molecule has 1 heterocycles. The lowest BCUT2D eigenvalue weighted by molar-refractivity contribution is 0.0567. The van der Waals surface area contributed by atoms with Gasteiger partial charge in [-0.2, -0.15) is 0 Å². The fourth-order valence-electron chi connectivity index (χ4n) is 3.23. The maximum Gasteiger partial charge on any atom is 0.120 e. The standard InChI is InChI=1S/C15H24N2O/c1-11-6-5-7-12(2)17(11)14(10-16)13-8-3-4-9-15(13)18/h3-4,8-9,11-12,14,18H,5-7,10,16H2,1-2H3. The van der Waals surface area contributed by atoms with Gasteiger partial charge in [-0.25, -0.2) is 0 Å². The summed E-state index contributed by atoms with van der Waals surface area (Å²) in [5.74, 6) is 0.359. The molecule has 3 unspecified atom stereocenters. The van der Waals surface area contributed by atoms with Crippen LogP contribution in [-0.2, 0) is 0 Å². The Kier molecular flexibility index (Phi) is 4.25. The Bertz CT molecular complexity index is 384. The lowest BCUT2D eigenvalue weighted by Gasteiger charge is -2.44. The second-order valence-electron chi connectivity index (χ2n) is 5.39. The van der Waals surface area contributed by atoms with Crippen LogP contribution in [0, 0.1) is 0 Å². The highest BCUT2D eigenvalue weighted by molar-refractivity contribution is 5.35. The van der Waals surface area contributed by atoms with Crippen molar-refractivity contribution in [2.24, 2.45) is 5.73 Å². The van der Waals surface area contributed by atoms with Gasteiger partial charge in [0.1, 0.15) is 5.75 Å². The van der Waals surface area contributed by atoms with Crippen LogP contribution in [0.3, 0.4) is 0 Å². The van der Waals surface area contributed by atoms with Crippen molar-refractivity contribution >= 4 is 0 Å². The van der Waals surface area contributed by atoms with Gasteiger partial charge in [0.15, 0.2) is 0 Å². The molecule has 3 atom stereocenters. The number of hydrogen-bond acceptors (Lipinski definition) is 3. The van der Waals surface area contributed by atoms with Crippen LogP contribution in [0.25, 0.3) is 0 Å². The number of phenols is 1. The normalized spacial score (nSPS) is 27.1. The number of piperidine rings is 1. The molecule has 1 aliphatic heterocycles. The maximum absolute atomic E-state index is 10.0. The summed E-state index contributed by atoms with van der Waals surface area (Å²) in [6.07, 6.45) is 3.72. The number of nitrogens with zero attached hydrogens (tertiary/aromatic N) is 1. The van der Waals surface area contributed by atoms with Crippen molar-refractivity contribution in [3.8, 4) is 5.75 Å². The summed E-state index contributed by atoms with van der Waals surface area (Å²) in [7, 11) is 0. The average molecular weight is 248 g/mol. The van der Waals surface area contributed by atoms with E-state index in [9.17, 15) is 5.11 Å². The molecule has 3 nitrogen and oxygen atoms in total. The monoisotopic (exact) mass is 248 g/mol. The zero-order chi connectivity index (χ0) is 13.1. The van der Waals surface area contributed by atoms with Crippen LogP contribution in [-0.4, -0.2) is 28.6 Å². The van der Waals surface area contributed by atoms with Gasteiger partial charge in [-0.15, -0.1) is 0 Å². The Morgan fingerprint density at radius 3 is 2.44 bits per heavy atom. The Labute approximate surface area is 110 Å². The Balaban J connectivity index is 2.30. The fraction of sp³-hybridized carbons (Fsp3) is 0.600. The number of rotatable bonds is 3. The smallest absolute Gasteiger partial charge is 0.120 e. The predicted molar refractivity (Wildman–Crippen MR) is 74.5 cm³/mol. The van der Waals surface area contributed by atoms with Gasteiger partial charge in [0.2, 0.25) is 0 Å². The largest absolute Gasteiger partial charge is 0.508 e. The van der Waals surface area contributed by atoms with Gasteiger partial charge in [-0.3, -0.25) is 4.90 Å². The van der Waals surface area contributed by atoms with Gasteiger partial charge in [0, 0.05) is 24.2 Å². The number of aromatic hydroxyl groups is 1. The van der Waals surface area contributed by atoms with Crippen LogP contribution >= 0.6 is 0 Å². The SMILES string of the molecule is CC1CCCC(C)N1C(CN)c1ccccc1O. The van der Waals surface area contributed by atoms with Crippen LogP contribution in [0.4, 0.5) is 0 Å². The average Bonchev–Trinajstić information content (AvgIpc) is 2.35. The zero-order valence-corrected chi connectivity index (χ0v) is 11.3. The van der Waals surface area contributed by atoms with Crippen molar-refractivity contribution < 1.29 is 5.11 Å². The molecule has 1 fully saturated rings. The predicted octanol–water partition coefficient (Wildman–Crippen LogP) is 2.65. The number of benzene rings is 1. The number of hydrogen-bond donors (Lipinski definition) is 2. The molecular formula is C15H24N2O. The minimum absolute atomic E-state index is 0.122. The topological polar surface area (TPSA) is 49.5 Å². The molecule has 0 aliphatic carbocycles. The first-order valence-electron chi connectivity index (χ1n) is 6.90. The highest BCUT2D eigenvalue weighted by Crippen LogP contribution is 2.35. The van der Waals surface area contributed by atoms with Gasteiger partial charge in [-0.1, -0.05) is 24.6 Å². The third kappa shape index (κ3) is 2.52. The maximum atomic E-state index is 10.0. The van der Waals surface area contributed by atoms with E-state index >= 15 is 0 Å². The first-order chi connectivity index (χ1) is 8.65. The second kappa shape index (κ2) is 5.72. The highest BCUT2D eigenvalue weighted by Gasteiger charge is 2.32. The van der Waals surface area contributed by atoms with E-state index in [0.717, 1.165) is 5.56 Å². The summed E-state index contributed by atoms with van der Waals surface area (Å²) in [6.45, 7) is 5.07. The third-order valence-corrected chi connectivity index (χ3v) is 4.14. The summed E-state index contributed by atoms with van der Waals surface area (Å²) in [4.78, 5) is 2.47. The third-order valence-electron chi connectivity index (χ3n) is 4.14. The molecule has 1 saturated heterocycles. The van der Waals surface area contributed by atoms with Crippen LogP contribution in [0.2, 0.25) is 0 Å². The van der Waals surface area contributed by atoms with E-state index < -0.39 is 0 Å². The molecule has 2 rings (SSSR count). The molecular weight excluding hydrogens is 224 g/mol. The van der Waals surface area contributed by atoms with Crippen molar-refractivity contribution in [2.45, 2.75) is 51.2 Å². The summed E-state index contributed by atoms with van der Waals surface area (Å²) in [5, 5.41) is 10.0. The lowest BCUT2D eigenvalue weighted by Crippen LogP contribution is -2.48. The second-order valence-corrected chi connectivity index (χ2v) is 5.39. The molecule has 1 aromatic rings. The molecule has 0 bridgehead atoms. The molecule has 100 valence electrons. The van der Waals surface area contributed by atoms with Crippen LogP contribution in [0.5, 0.6) is 5.75 Å². The quantitative estimate of drug-likeness (QED) is 0.864. The van der Waals surface area contributed by atoms with Gasteiger partial charge in [0.05, 0.1) is 6.04 Å². The van der Waals surface area contributed by atoms with Crippen molar-refractivity contribution in [2.75, 3.05) is 6.54 Å². The van der Waals surface area contributed by atoms with Crippen molar-refractivity contribution in [1.29, 1.82) is 0 Å². The van der Waals surface area contributed by atoms with Crippen molar-refractivity contribution in [3.63, 3.8) is 0 Å². The van der Waals surface area contributed by atoms with E-state index in [0.29, 0.717) is 24.4 Å². The van der Waals surface area contributed by atoms with E-state index in [1.54, 1.807) is 6.07 Å². The number of nitrogens with two attached hydrogens (primary N) is 1. The molecule has 0 radical (unpaired) electrons. The molecule has 0 amide bonds. The molecule has 1 aliphatic rings. The first-order valence-corrected chi connectivity index (χ1v) is 6.90. The number of phenolic OH excluding ortho intramolecular Hbond substituents is 1. The summed E-state index contributed by atoms with van der Waals surface area (Å²) in [5.41, 5.74) is 6.94. The van der Waals surface area contributed by atoms with E-state index in [1.165, 1.54) is 19.3 Å². The van der Waals surface area contributed by atoms with Crippen LogP contribution in [0.15, 0.2) is 24.3 Å². The number of para-hydroxylation sites is 1. The number of likely N-dealkylation sites (tertiary alicyclic amines) is 1. The Morgan fingerprint density at radius 2 is 1.89 bits per heavy atom. The Morgan fingerprint density at radius 1 is 1.28 bits per heavy atom. The van der Waals surface area contributed by atoms with Gasteiger partial charge in [-0.05, 0) is 32.8 Å². The zero-order valence-electron chi connectivity index (χ0n) is 11.3. The molecule has 1 aromatic carbocycles. The molecule has 0 spiro atoms. The van der Waals surface area contributed by atoms with E-state index in [-0.39, 0.29) is 6.04 Å². The summed E-state index contributed by atoms with van der Waals surface area (Å²) >= 11 is 0. The van der Waals surface area contributed by atoms with E-state index in [2.05, 4.69) is 18.7 Å². The molecule has 0 aromatic heterocycles. The summed E-state index contributed by atoms with van der Waals surface area (Å²) < 4.78 is 0. The molecule has 3 N–H and O–H groups in total. The van der Waals surface area contributed by atoms with Crippen LogP contribution in [0.1, 0.15) is 44.7 Å². The van der Waals surface area contributed by atoms with Crippen molar-refractivity contribution in [1.82, 2.24) is 4.90 Å². The first kappa shape index (κ1) is 13.4. The summed E-state index contributed by atoms with van der Waals surface area (Å²) in [6, 6.07) is 8.74. The van der Waals surface area contributed by atoms with Gasteiger partial charge < -0.3 is 10.8 Å². The highest BCUT2D eigenvalue weighted by atomic mass is 16.3. The fourth-order valence-corrected chi connectivity index (χ4v) is 3.23. The molecule has 18 heavy (non-hydrogen) atoms. The minimum atomic E-state index is 0.122. The van der Waals surface area contributed by atoms with E-state index in [4.69, 9.17) is 5.73 Å². The molecule has 0 saturated carbocycles. The lowest BCUT2D eigenvalue weighted by atomic mass is 9.92. The van der Waals surface area contributed by atoms with Gasteiger partial charge >= 0.3 is 0 Å².